The van der Waals surface area contributed by atoms with Gasteiger partial charge in [0.2, 0.25) is 26.0 Å². The molecule has 0 radical (unpaired) electrons. The SMILES string of the molecule is CCOc1ccc(Cl)cc1S(=O)(=O)N1CCC[C@@H](C(=O)Nc2cc(S(=O)(=O)N(C)C)ccc2C)C1. The molecule has 0 bridgehead atoms. The quantitative estimate of drug-likeness (QED) is 0.546. The molecule has 0 spiro atoms. The van der Waals surface area contributed by atoms with E-state index in [0.717, 1.165) is 4.31 Å². The van der Waals surface area contributed by atoms with Gasteiger partial charge in [0, 0.05) is 37.9 Å². The van der Waals surface area contributed by atoms with Crippen molar-refractivity contribution in [2.45, 2.75) is 36.5 Å². The van der Waals surface area contributed by atoms with Gasteiger partial charge in [0.1, 0.15) is 10.6 Å². The number of hydrogen-bond donors (Lipinski definition) is 1. The Morgan fingerprint density at radius 3 is 2.54 bits per heavy atom. The Kier molecular flexibility index (Phi) is 8.48. The summed E-state index contributed by atoms with van der Waals surface area (Å²) >= 11 is 6.06. The van der Waals surface area contributed by atoms with Crippen molar-refractivity contribution in [3.05, 3.63) is 47.0 Å². The summed E-state index contributed by atoms with van der Waals surface area (Å²) in [6.45, 7) is 4.05. The Labute approximate surface area is 212 Å². The zero-order chi connectivity index (χ0) is 26.0. The predicted octanol–water partition coefficient (Wildman–Crippen LogP) is 3.34. The molecular formula is C23H30ClN3O6S2. The van der Waals surface area contributed by atoms with Crippen LogP contribution < -0.4 is 10.1 Å². The van der Waals surface area contributed by atoms with Gasteiger partial charge in [-0.25, -0.2) is 21.1 Å². The van der Waals surface area contributed by atoms with Gasteiger partial charge in [0.25, 0.3) is 0 Å². The van der Waals surface area contributed by atoms with Crippen LogP contribution >= 0.6 is 11.6 Å². The van der Waals surface area contributed by atoms with Crippen LogP contribution in [0.2, 0.25) is 5.02 Å². The molecule has 1 aliphatic rings. The fraction of sp³-hybridized carbons (Fsp3) is 0.435. The van der Waals surface area contributed by atoms with Crippen molar-refractivity contribution in [2.75, 3.05) is 39.1 Å². The van der Waals surface area contributed by atoms with E-state index in [9.17, 15) is 21.6 Å². The number of ether oxygens (including phenoxy) is 1. The van der Waals surface area contributed by atoms with Gasteiger partial charge in [-0.1, -0.05) is 17.7 Å². The third kappa shape index (κ3) is 5.97. The van der Waals surface area contributed by atoms with Crippen LogP contribution in [0, 0.1) is 12.8 Å². The molecule has 0 aliphatic carbocycles. The molecule has 0 unspecified atom stereocenters. The van der Waals surface area contributed by atoms with Gasteiger partial charge in [0.15, 0.2) is 0 Å². The second-order valence-electron chi connectivity index (χ2n) is 8.48. The summed E-state index contributed by atoms with van der Waals surface area (Å²) in [7, 11) is -4.77. The number of piperidine rings is 1. The number of hydrogen-bond acceptors (Lipinski definition) is 6. The van der Waals surface area contributed by atoms with E-state index in [1.807, 2.05) is 0 Å². The summed E-state index contributed by atoms with van der Waals surface area (Å²) < 4.78 is 59.7. The number of benzene rings is 2. The van der Waals surface area contributed by atoms with E-state index in [-0.39, 0.29) is 46.2 Å². The van der Waals surface area contributed by atoms with Crippen LogP contribution in [-0.4, -0.2) is 65.1 Å². The average Bonchev–Trinajstić information content (AvgIpc) is 2.81. The maximum Gasteiger partial charge on any atom is 0.246 e. The van der Waals surface area contributed by atoms with Crippen LogP contribution in [0.3, 0.4) is 0 Å². The van der Waals surface area contributed by atoms with Gasteiger partial charge in [-0.2, -0.15) is 4.31 Å². The van der Waals surface area contributed by atoms with E-state index in [4.69, 9.17) is 16.3 Å². The van der Waals surface area contributed by atoms with Crippen molar-refractivity contribution in [3.63, 3.8) is 0 Å². The van der Waals surface area contributed by atoms with Crippen LogP contribution in [-0.2, 0) is 24.8 Å². The minimum atomic E-state index is -3.96. The highest BCUT2D eigenvalue weighted by Gasteiger charge is 2.35. The summed E-state index contributed by atoms with van der Waals surface area (Å²) in [5.74, 6) is -0.775. The molecular weight excluding hydrogens is 514 g/mol. The minimum Gasteiger partial charge on any atom is -0.492 e. The predicted molar refractivity (Wildman–Crippen MR) is 135 cm³/mol. The number of halogens is 1. The molecule has 2 aromatic rings. The smallest absolute Gasteiger partial charge is 0.246 e. The molecule has 0 aromatic heterocycles. The number of amides is 1. The van der Waals surface area contributed by atoms with E-state index in [2.05, 4.69) is 5.32 Å². The fourth-order valence-electron chi connectivity index (χ4n) is 3.81. The maximum atomic E-state index is 13.4. The van der Waals surface area contributed by atoms with Crippen LogP contribution in [0.4, 0.5) is 5.69 Å². The highest BCUT2D eigenvalue weighted by Crippen LogP contribution is 2.32. The Balaban J connectivity index is 1.83. The van der Waals surface area contributed by atoms with E-state index < -0.39 is 26.0 Å². The molecule has 3 rings (SSSR count). The van der Waals surface area contributed by atoms with Crippen LogP contribution in [0.1, 0.15) is 25.3 Å². The van der Waals surface area contributed by atoms with Gasteiger partial charge in [0.05, 0.1) is 17.4 Å². The van der Waals surface area contributed by atoms with E-state index >= 15 is 0 Å². The Hall–Kier alpha value is -2.18. The van der Waals surface area contributed by atoms with Crippen LogP contribution in [0.15, 0.2) is 46.2 Å². The minimum absolute atomic E-state index is 0.0129. The highest BCUT2D eigenvalue weighted by molar-refractivity contribution is 7.89. The molecule has 1 saturated heterocycles. The first kappa shape index (κ1) is 27.4. The van der Waals surface area contributed by atoms with E-state index in [1.165, 1.54) is 42.7 Å². The molecule has 1 atom stereocenters. The average molecular weight is 544 g/mol. The molecule has 12 heteroatoms. The number of anilines is 1. The largest absolute Gasteiger partial charge is 0.492 e. The fourth-order valence-corrected chi connectivity index (χ4v) is 6.66. The molecule has 1 N–H and O–H groups in total. The lowest BCUT2D eigenvalue weighted by molar-refractivity contribution is -0.120. The summed E-state index contributed by atoms with van der Waals surface area (Å²) in [4.78, 5) is 13.1. The van der Waals surface area contributed by atoms with Gasteiger partial charge < -0.3 is 10.1 Å². The van der Waals surface area contributed by atoms with Crippen molar-refractivity contribution in [2.24, 2.45) is 5.92 Å². The van der Waals surface area contributed by atoms with E-state index in [1.54, 1.807) is 26.0 Å². The molecule has 2 aromatic carbocycles. The Bertz CT molecular complexity index is 1310. The first-order valence-electron chi connectivity index (χ1n) is 11.1. The first-order chi connectivity index (χ1) is 16.4. The van der Waals surface area contributed by atoms with Gasteiger partial charge in [-0.3, -0.25) is 4.79 Å². The van der Waals surface area contributed by atoms with Crippen LogP contribution in [0.5, 0.6) is 5.75 Å². The maximum absolute atomic E-state index is 13.4. The summed E-state index contributed by atoms with van der Waals surface area (Å²) in [6.07, 6.45) is 0.996. The third-order valence-corrected chi connectivity index (χ3v) is 9.76. The molecule has 1 aliphatic heterocycles. The van der Waals surface area contributed by atoms with Gasteiger partial charge in [-0.05, 0) is 62.6 Å². The number of sulfonamides is 2. The number of nitrogens with one attached hydrogen (secondary N) is 1. The van der Waals surface area contributed by atoms with Crippen LogP contribution in [0.25, 0.3) is 0 Å². The summed E-state index contributed by atoms with van der Waals surface area (Å²) in [5, 5.41) is 3.06. The topological polar surface area (TPSA) is 113 Å². The lowest BCUT2D eigenvalue weighted by atomic mass is 9.98. The molecule has 192 valence electrons. The molecule has 1 fully saturated rings. The standard InChI is InChI=1S/C23H30ClN3O6S2/c1-5-33-21-11-9-18(24)13-22(21)35(31,32)27-12-6-7-17(15-27)23(28)25-20-14-19(10-8-16(20)2)34(29,30)26(3)4/h8-11,13-14,17H,5-7,12,15H2,1-4H3,(H,25,28)/t17-/m1/s1. The highest BCUT2D eigenvalue weighted by atomic mass is 35.5. The first-order valence-corrected chi connectivity index (χ1v) is 14.4. The third-order valence-electron chi connectivity index (χ3n) is 5.82. The zero-order valence-corrected chi connectivity index (χ0v) is 22.5. The van der Waals surface area contributed by atoms with Crippen molar-refractivity contribution < 1.29 is 26.4 Å². The number of carbonyl (C=O) groups is 1. The number of nitrogens with zero attached hydrogens (tertiary/aromatic N) is 2. The summed E-state index contributed by atoms with van der Waals surface area (Å²) in [5.41, 5.74) is 1.06. The van der Waals surface area contributed by atoms with E-state index in [0.29, 0.717) is 24.1 Å². The Morgan fingerprint density at radius 2 is 1.89 bits per heavy atom. The normalized spacial score (nSPS) is 17.4. The summed E-state index contributed by atoms with van der Waals surface area (Å²) in [6, 6.07) is 8.95. The van der Waals surface area contributed by atoms with Crippen molar-refractivity contribution in [3.8, 4) is 5.75 Å². The number of aryl methyl sites for hydroxylation is 1. The van der Waals surface area contributed by atoms with Gasteiger partial charge >= 0.3 is 0 Å². The lowest BCUT2D eigenvalue weighted by Gasteiger charge is -2.31. The molecule has 9 nitrogen and oxygen atoms in total. The molecule has 1 heterocycles. The molecule has 1 amide bonds. The lowest BCUT2D eigenvalue weighted by Crippen LogP contribution is -2.43. The second kappa shape index (κ2) is 10.8. The van der Waals surface area contributed by atoms with Crippen molar-refractivity contribution in [1.29, 1.82) is 0 Å². The molecule has 35 heavy (non-hydrogen) atoms. The van der Waals surface area contributed by atoms with Crippen molar-refractivity contribution >= 4 is 43.2 Å². The Morgan fingerprint density at radius 1 is 1.17 bits per heavy atom. The van der Waals surface area contributed by atoms with Crippen molar-refractivity contribution in [1.82, 2.24) is 8.61 Å². The van der Waals surface area contributed by atoms with Gasteiger partial charge in [-0.15, -0.1) is 0 Å². The number of rotatable bonds is 8. The second-order valence-corrected chi connectivity index (χ2v) is 13.0. The monoisotopic (exact) mass is 543 g/mol. The molecule has 0 saturated carbocycles. The number of carbonyl (C=O) groups excluding carboxylic acids is 1. The zero-order valence-electron chi connectivity index (χ0n) is 20.1.